The number of nitrogen functional groups attached to an aromatic ring is 1. The van der Waals surface area contributed by atoms with Gasteiger partial charge in [-0.2, -0.15) is 0 Å². The predicted octanol–water partition coefficient (Wildman–Crippen LogP) is 1.80. The Morgan fingerprint density at radius 2 is 2.11 bits per heavy atom. The van der Waals surface area contributed by atoms with Crippen LogP contribution in [0.4, 0.5) is 14.5 Å². The van der Waals surface area contributed by atoms with E-state index >= 15 is 0 Å². The Bertz CT molecular complexity index is 518. The Balaban J connectivity index is 2.39. The van der Waals surface area contributed by atoms with Crippen LogP contribution >= 0.6 is 0 Å². The zero-order valence-electron chi connectivity index (χ0n) is 10.9. The lowest BCUT2D eigenvalue weighted by Gasteiger charge is -2.42. The number of anilines is 1. The third kappa shape index (κ3) is 2.53. The average Bonchev–Trinajstić information content (AvgIpc) is 2.32. The SMILES string of the molecule is CC1(C)COCCN1C(=O)c1cc(F)cc(N)c1F. The van der Waals surface area contributed by atoms with E-state index in [-0.39, 0.29) is 11.3 Å². The molecule has 1 aromatic carbocycles. The van der Waals surface area contributed by atoms with Crippen LogP contribution in [0.2, 0.25) is 0 Å². The monoisotopic (exact) mass is 270 g/mol. The van der Waals surface area contributed by atoms with Gasteiger partial charge in [-0.1, -0.05) is 0 Å². The van der Waals surface area contributed by atoms with Crippen molar-refractivity contribution in [2.75, 3.05) is 25.5 Å². The fourth-order valence-electron chi connectivity index (χ4n) is 2.15. The molecule has 0 saturated carbocycles. The van der Waals surface area contributed by atoms with Crippen molar-refractivity contribution in [3.8, 4) is 0 Å². The molecule has 1 saturated heterocycles. The van der Waals surface area contributed by atoms with Gasteiger partial charge in [-0.25, -0.2) is 8.78 Å². The number of nitrogens with two attached hydrogens (primary N) is 1. The molecule has 0 bridgehead atoms. The Kier molecular flexibility index (Phi) is 3.45. The molecule has 6 heteroatoms. The number of ether oxygens (including phenoxy) is 1. The molecule has 1 heterocycles. The van der Waals surface area contributed by atoms with E-state index in [9.17, 15) is 13.6 Å². The molecule has 0 aromatic heterocycles. The molecule has 1 amide bonds. The number of nitrogens with zero attached hydrogens (tertiary/aromatic N) is 1. The Morgan fingerprint density at radius 3 is 2.74 bits per heavy atom. The molecule has 2 rings (SSSR count). The average molecular weight is 270 g/mol. The van der Waals surface area contributed by atoms with Crippen molar-refractivity contribution in [2.24, 2.45) is 0 Å². The number of benzene rings is 1. The minimum Gasteiger partial charge on any atom is -0.396 e. The Morgan fingerprint density at radius 1 is 1.42 bits per heavy atom. The van der Waals surface area contributed by atoms with Gasteiger partial charge in [-0.15, -0.1) is 0 Å². The molecule has 0 unspecified atom stereocenters. The van der Waals surface area contributed by atoms with Gasteiger partial charge < -0.3 is 15.4 Å². The smallest absolute Gasteiger partial charge is 0.257 e. The number of hydrogen-bond acceptors (Lipinski definition) is 3. The molecule has 0 spiro atoms. The molecule has 2 N–H and O–H groups in total. The number of carbonyl (C=O) groups excluding carboxylic acids is 1. The van der Waals surface area contributed by atoms with E-state index in [0.717, 1.165) is 12.1 Å². The molecule has 1 aromatic rings. The van der Waals surface area contributed by atoms with Crippen LogP contribution in [0.15, 0.2) is 12.1 Å². The summed E-state index contributed by atoms with van der Waals surface area (Å²) in [5, 5.41) is 0. The summed E-state index contributed by atoms with van der Waals surface area (Å²) in [6, 6.07) is 1.73. The van der Waals surface area contributed by atoms with Crippen LogP contribution in [0.3, 0.4) is 0 Å². The molecule has 0 radical (unpaired) electrons. The van der Waals surface area contributed by atoms with Gasteiger partial charge in [0.1, 0.15) is 5.82 Å². The molecular weight excluding hydrogens is 254 g/mol. The molecular formula is C13H16F2N2O2. The van der Waals surface area contributed by atoms with Gasteiger partial charge in [-0.05, 0) is 26.0 Å². The number of halogens is 2. The van der Waals surface area contributed by atoms with E-state index in [0.29, 0.717) is 19.8 Å². The van der Waals surface area contributed by atoms with Gasteiger partial charge >= 0.3 is 0 Å². The number of amides is 1. The van der Waals surface area contributed by atoms with E-state index < -0.39 is 23.1 Å². The highest BCUT2D eigenvalue weighted by molar-refractivity contribution is 5.96. The highest BCUT2D eigenvalue weighted by Crippen LogP contribution is 2.25. The van der Waals surface area contributed by atoms with Crippen LogP contribution in [-0.2, 0) is 4.74 Å². The van der Waals surface area contributed by atoms with Crippen molar-refractivity contribution in [1.82, 2.24) is 4.90 Å². The fourth-order valence-corrected chi connectivity index (χ4v) is 2.15. The Hall–Kier alpha value is -1.69. The molecule has 0 atom stereocenters. The summed E-state index contributed by atoms with van der Waals surface area (Å²) in [7, 11) is 0. The van der Waals surface area contributed by atoms with Crippen molar-refractivity contribution in [2.45, 2.75) is 19.4 Å². The third-order valence-corrected chi connectivity index (χ3v) is 3.19. The number of rotatable bonds is 1. The van der Waals surface area contributed by atoms with Gasteiger partial charge in [-0.3, -0.25) is 4.79 Å². The second kappa shape index (κ2) is 4.77. The number of carbonyl (C=O) groups is 1. The number of hydrogen-bond donors (Lipinski definition) is 1. The largest absolute Gasteiger partial charge is 0.396 e. The second-order valence-corrected chi connectivity index (χ2v) is 5.18. The summed E-state index contributed by atoms with van der Waals surface area (Å²) in [6.45, 7) is 4.68. The highest BCUT2D eigenvalue weighted by Gasteiger charge is 2.35. The van der Waals surface area contributed by atoms with Crippen LogP contribution in [0, 0.1) is 11.6 Å². The second-order valence-electron chi connectivity index (χ2n) is 5.18. The molecule has 4 nitrogen and oxygen atoms in total. The molecule has 1 aliphatic rings. The van der Waals surface area contributed by atoms with Gasteiger partial charge in [0.05, 0.1) is 30.0 Å². The first-order valence-electron chi connectivity index (χ1n) is 5.97. The summed E-state index contributed by atoms with van der Waals surface area (Å²) in [4.78, 5) is 13.8. The molecule has 0 aliphatic carbocycles. The van der Waals surface area contributed by atoms with E-state index in [1.165, 1.54) is 4.90 Å². The third-order valence-electron chi connectivity index (χ3n) is 3.19. The minimum atomic E-state index is -0.881. The van der Waals surface area contributed by atoms with Gasteiger partial charge in [0.25, 0.3) is 5.91 Å². The van der Waals surface area contributed by atoms with Crippen LogP contribution < -0.4 is 5.73 Å². The van der Waals surface area contributed by atoms with Gasteiger partial charge in [0.2, 0.25) is 0 Å². The standard InChI is InChI=1S/C13H16F2N2O2/c1-13(2)7-19-4-3-17(13)12(18)9-5-8(14)6-10(16)11(9)15/h5-6H,3-4,7,16H2,1-2H3. The maximum atomic E-state index is 13.9. The summed E-state index contributed by atoms with van der Waals surface area (Å²) in [5.41, 5.74) is 4.07. The molecule has 1 aliphatic heterocycles. The topological polar surface area (TPSA) is 55.6 Å². The maximum absolute atomic E-state index is 13.9. The van der Waals surface area contributed by atoms with Crippen molar-refractivity contribution in [3.05, 3.63) is 29.3 Å². The first kappa shape index (κ1) is 13.7. The summed E-state index contributed by atoms with van der Waals surface area (Å²) in [6.07, 6.45) is 0. The molecule has 1 fully saturated rings. The van der Waals surface area contributed by atoms with Gasteiger partial charge in [0, 0.05) is 6.54 Å². The van der Waals surface area contributed by atoms with Crippen molar-refractivity contribution >= 4 is 11.6 Å². The first-order valence-corrected chi connectivity index (χ1v) is 5.97. The van der Waals surface area contributed by atoms with Crippen LogP contribution in [-0.4, -0.2) is 36.1 Å². The van der Waals surface area contributed by atoms with E-state index in [2.05, 4.69) is 0 Å². The minimum absolute atomic E-state index is 0.335. The molecule has 19 heavy (non-hydrogen) atoms. The molecule has 104 valence electrons. The van der Waals surface area contributed by atoms with E-state index in [1.807, 2.05) is 13.8 Å². The Labute approximate surface area is 110 Å². The van der Waals surface area contributed by atoms with Crippen LogP contribution in [0.5, 0.6) is 0 Å². The predicted molar refractivity (Wildman–Crippen MR) is 66.7 cm³/mol. The normalized spacial score (nSPS) is 18.4. The quantitative estimate of drug-likeness (QED) is 0.792. The van der Waals surface area contributed by atoms with E-state index in [1.54, 1.807) is 0 Å². The fraction of sp³-hybridized carbons (Fsp3) is 0.462. The lowest BCUT2D eigenvalue weighted by atomic mass is 10.0. The zero-order valence-corrected chi connectivity index (χ0v) is 10.9. The van der Waals surface area contributed by atoms with Crippen LogP contribution in [0.1, 0.15) is 24.2 Å². The van der Waals surface area contributed by atoms with Crippen molar-refractivity contribution in [3.63, 3.8) is 0 Å². The van der Waals surface area contributed by atoms with E-state index in [4.69, 9.17) is 10.5 Å². The van der Waals surface area contributed by atoms with Crippen LogP contribution in [0.25, 0.3) is 0 Å². The summed E-state index contributed by atoms with van der Waals surface area (Å²) >= 11 is 0. The first-order chi connectivity index (χ1) is 8.83. The lowest BCUT2D eigenvalue weighted by molar-refractivity contribution is -0.0372. The maximum Gasteiger partial charge on any atom is 0.257 e. The lowest BCUT2D eigenvalue weighted by Crippen LogP contribution is -2.55. The van der Waals surface area contributed by atoms with Crippen molar-refractivity contribution < 1.29 is 18.3 Å². The number of morpholine rings is 1. The van der Waals surface area contributed by atoms with Crippen molar-refractivity contribution in [1.29, 1.82) is 0 Å². The summed E-state index contributed by atoms with van der Waals surface area (Å²) in [5.74, 6) is -2.18. The van der Waals surface area contributed by atoms with Gasteiger partial charge in [0.15, 0.2) is 5.82 Å². The zero-order chi connectivity index (χ0) is 14.2. The highest BCUT2D eigenvalue weighted by atomic mass is 19.1. The summed E-state index contributed by atoms with van der Waals surface area (Å²) < 4.78 is 32.4.